The van der Waals surface area contributed by atoms with Crippen LogP contribution in [0.2, 0.25) is 0 Å². The van der Waals surface area contributed by atoms with Crippen molar-refractivity contribution in [3.8, 4) is 0 Å². The SMILES string of the molecule is O=C(O)CCNC(=O)CC(Cc1ccccc1)C(=O)O. The lowest BCUT2D eigenvalue weighted by molar-refractivity contribution is -0.144. The van der Waals surface area contributed by atoms with E-state index in [1.165, 1.54) is 0 Å². The van der Waals surface area contributed by atoms with Gasteiger partial charge in [0.25, 0.3) is 0 Å². The second-order valence-electron chi connectivity index (χ2n) is 4.42. The van der Waals surface area contributed by atoms with Crippen LogP contribution >= 0.6 is 0 Å². The van der Waals surface area contributed by atoms with Crippen LogP contribution in [-0.2, 0) is 20.8 Å². The van der Waals surface area contributed by atoms with Crippen molar-refractivity contribution < 1.29 is 24.6 Å². The molecule has 0 heterocycles. The van der Waals surface area contributed by atoms with Crippen molar-refractivity contribution in [3.05, 3.63) is 35.9 Å². The highest BCUT2D eigenvalue weighted by atomic mass is 16.4. The van der Waals surface area contributed by atoms with Gasteiger partial charge in [0.15, 0.2) is 0 Å². The van der Waals surface area contributed by atoms with Gasteiger partial charge in [-0.05, 0) is 12.0 Å². The van der Waals surface area contributed by atoms with E-state index < -0.39 is 23.8 Å². The van der Waals surface area contributed by atoms with E-state index in [1.54, 1.807) is 24.3 Å². The summed E-state index contributed by atoms with van der Waals surface area (Å²) in [5.41, 5.74) is 0.846. The minimum atomic E-state index is -1.04. The van der Waals surface area contributed by atoms with Crippen LogP contribution in [-0.4, -0.2) is 34.6 Å². The maximum absolute atomic E-state index is 11.6. The number of aliphatic carboxylic acids is 2. The van der Waals surface area contributed by atoms with Crippen molar-refractivity contribution in [2.45, 2.75) is 19.3 Å². The molecule has 1 aromatic rings. The van der Waals surface area contributed by atoms with Gasteiger partial charge in [-0.3, -0.25) is 14.4 Å². The molecule has 1 amide bonds. The predicted octanol–water partition coefficient (Wildman–Crippen LogP) is 0.911. The summed E-state index contributed by atoms with van der Waals surface area (Å²) in [6, 6.07) is 9.05. The first-order valence-corrected chi connectivity index (χ1v) is 6.24. The van der Waals surface area contributed by atoms with Crippen LogP contribution in [0.3, 0.4) is 0 Å². The Hall–Kier alpha value is -2.37. The predicted molar refractivity (Wildman–Crippen MR) is 71.2 cm³/mol. The van der Waals surface area contributed by atoms with E-state index in [0.29, 0.717) is 0 Å². The molecule has 1 unspecified atom stereocenters. The first-order chi connectivity index (χ1) is 9.49. The molecule has 0 radical (unpaired) electrons. The van der Waals surface area contributed by atoms with Crippen molar-refractivity contribution in [1.82, 2.24) is 5.32 Å². The summed E-state index contributed by atoms with van der Waals surface area (Å²) in [5.74, 6) is -3.32. The number of nitrogens with one attached hydrogen (secondary N) is 1. The molecular formula is C14H17NO5. The number of carboxylic acid groups (broad SMARTS) is 2. The minimum absolute atomic E-state index is 0.00580. The monoisotopic (exact) mass is 279 g/mol. The second kappa shape index (κ2) is 7.93. The summed E-state index contributed by atoms with van der Waals surface area (Å²) < 4.78 is 0. The van der Waals surface area contributed by atoms with Crippen molar-refractivity contribution in [2.75, 3.05) is 6.54 Å². The molecule has 1 rings (SSSR count). The molecular weight excluding hydrogens is 262 g/mol. The van der Waals surface area contributed by atoms with Crippen LogP contribution in [0.1, 0.15) is 18.4 Å². The highest BCUT2D eigenvalue weighted by Crippen LogP contribution is 2.12. The molecule has 0 fully saturated rings. The van der Waals surface area contributed by atoms with Gasteiger partial charge < -0.3 is 15.5 Å². The molecule has 3 N–H and O–H groups in total. The van der Waals surface area contributed by atoms with E-state index in [9.17, 15) is 14.4 Å². The quantitative estimate of drug-likeness (QED) is 0.656. The standard InChI is InChI=1S/C14H17NO5/c16-12(15-7-6-13(17)18)9-11(14(19)20)8-10-4-2-1-3-5-10/h1-5,11H,6-9H2,(H,15,16)(H,17,18)(H,19,20). The van der Waals surface area contributed by atoms with Gasteiger partial charge in [-0.1, -0.05) is 30.3 Å². The highest BCUT2D eigenvalue weighted by molar-refractivity contribution is 5.82. The largest absolute Gasteiger partial charge is 0.481 e. The Bertz CT molecular complexity index is 472. The van der Waals surface area contributed by atoms with Gasteiger partial charge >= 0.3 is 11.9 Å². The number of carbonyl (C=O) groups excluding carboxylic acids is 1. The van der Waals surface area contributed by atoms with Crippen molar-refractivity contribution in [2.24, 2.45) is 5.92 Å². The van der Waals surface area contributed by atoms with Gasteiger partial charge in [-0.15, -0.1) is 0 Å². The molecule has 0 spiro atoms. The van der Waals surface area contributed by atoms with Crippen LogP contribution < -0.4 is 5.32 Å². The van der Waals surface area contributed by atoms with Crippen LogP contribution in [0.4, 0.5) is 0 Å². The van der Waals surface area contributed by atoms with Gasteiger partial charge in [-0.25, -0.2) is 0 Å². The van der Waals surface area contributed by atoms with E-state index >= 15 is 0 Å². The number of amides is 1. The molecule has 1 aromatic carbocycles. The molecule has 0 aromatic heterocycles. The number of benzene rings is 1. The Morgan fingerprint density at radius 2 is 1.75 bits per heavy atom. The minimum Gasteiger partial charge on any atom is -0.481 e. The summed E-state index contributed by atoms with van der Waals surface area (Å²) in [6.07, 6.45) is -0.0749. The molecule has 0 aliphatic carbocycles. The van der Waals surface area contributed by atoms with Gasteiger partial charge in [0, 0.05) is 13.0 Å². The third kappa shape index (κ3) is 5.99. The fraction of sp³-hybridized carbons (Fsp3) is 0.357. The van der Waals surface area contributed by atoms with E-state index in [0.717, 1.165) is 5.56 Å². The Morgan fingerprint density at radius 1 is 1.10 bits per heavy atom. The summed E-state index contributed by atoms with van der Waals surface area (Å²) in [5, 5.41) is 20.0. The number of rotatable bonds is 8. The van der Waals surface area contributed by atoms with Gasteiger partial charge in [0.2, 0.25) is 5.91 Å². The van der Waals surface area contributed by atoms with Crippen LogP contribution in [0.15, 0.2) is 30.3 Å². The summed E-state index contributed by atoms with van der Waals surface area (Å²) in [7, 11) is 0. The van der Waals surface area contributed by atoms with E-state index in [2.05, 4.69) is 5.32 Å². The lowest BCUT2D eigenvalue weighted by atomic mass is 9.96. The fourth-order valence-corrected chi connectivity index (χ4v) is 1.75. The van der Waals surface area contributed by atoms with Gasteiger partial charge in [0.1, 0.15) is 0 Å². The zero-order valence-electron chi connectivity index (χ0n) is 10.9. The third-order valence-corrected chi connectivity index (χ3v) is 2.77. The maximum Gasteiger partial charge on any atom is 0.307 e. The average Bonchev–Trinajstić information content (AvgIpc) is 2.38. The Morgan fingerprint density at radius 3 is 2.30 bits per heavy atom. The Kier molecular flexibility index (Phi) is 6.22. The molecule has 20 heavy (non-hydrogen) atoms. The molecule has 0 saturated heterocycles. The molecule has 0 bridgehead atoms. The van der Waals surface area contributed by atoms with Gasteiger partial charge in [-0.2, -0.15) is 0 Å². The smallest absolute Gasteiger partial charge is 0.307 e. The zero-order chi connectivity index (χ0) is 15.0. The highest BCUT2D eigenvalue weighted by Gasteiger charge is 2.21. The van der Waals surface area contributed by atoms with Crippen LogP contribution in [0.25, 0.3) is 0 Å². The van der Waals surface area contributed by atoms with E-state index in [-0.39, 0.29) is 25.8 Å². The normalized spacial score (nSPS) is 11.6. The van der Waals surface area contributed by atoms with Crippen molar-refractivity contribution in [3.63, 3.8) is 0 Å². The molecule has 0 saturated carbocycles. The molecule has 0 aliphatic rings. The summed E-state index contributed by atoms with van der Waals surface area (Å²) in [4.78, 5) is 33.0. The number of hydrogen-bond acceptors (Lipinski definition) is 3. The molecule has 6 nitrogen and oxygen atoms in total. The third-order valence-electron chi connectivity index (χ3n) is 2.77. The molecule has 108 valence electrons. The maximum atomic E-state index is 11.6. The Labute approximate surface area is 116 Å². The number of hydrogen-bond donors (Lipinski definition) is 3. The van der Waals surface area contributed by atoms with Crippen LogP contribution in [0, 0.1) is 5.92 Å². The van der Waals surface area contributed by atoms with Crippen LogP contribution in [0.5, 0.6) is 0 Å². The summed E-state index contributed by atoms with van der Waals surface area (Å²) in [6.45, 7) is 0.00580. The lowest BCUT2D eigenvalue weighted by Crippen LogP contribution is -2.30. The number of carboxylic acids is 2. The van der Waals surface area contributed by atoms with Gasteiger partial charge in [0.05, 0.1) is 12.3 Å². The molecule has 0 aliphatic heterocycles. The molecule has 6 heteroatoms. The molecule has 1 atom stereocenters. The second-order valence-corrected chi connectivity index (χ2v) is 4.42. The first-order valence-electron chi connectivity index (χ1n) is 6.24. The fourth-order valence-electron chi connectivity index (χ4n) is 1.75. The first kappa shape index (κ1) is 15.7. The van der Waals surface area contributed by atoms with Crippen molar-refractivity contribution >= 4 is 17.8 Å². The van der Waals surface area contributed by atoms with Crippen molar-refractivity contribution in [1.29, 1.82) is 0 Å². The van der Waals surface area contributed by atoms with E-state index in [4.69, 9.17) is 10.2 Å². The Balaban J connectivity index is 2.49. The van der Waals surface area contributed by atoms with E-state index in [1.807, 2.05) is 6.07 Å². The lowest BCUT2D eigenvalue weighted by Gasteiger charge is -2.12. The number of carbonyl (C=O) groups is 3. The topological polar surface area (TPSA) is 104 Å². The average molecular weight is 279 g/mol. The zero-order valence-corrected chi connectivity index (χ0v) is 10.9. The summed E-state index contributed by atoms with van der Waals surface area (Å²) >= 11 is 0.